The standard InChI is InChI=1S/C17H13FN4O2/c18-11-1-3-13(4-2-11)22-17(24)15-9-16(20-10-19-15)21-12-5-7-14(23)8-6-12/h1-10,23H,(H,22,24)(H,19,20,21). The number of aromatic nitrogens is 2. The third-order valence-electron chi connectivity index (χ3n) is 3.14. The first-order valence-corrected chi connectivity index (χ1v) is 7.05. The summed E-state index contributed by atoms with van der Waals surface area (Å²) in [4.78, 5) is 20.2. The van der Waals surface area contributed by atoms with E-state index in [0.29, 0.717) is 17.2 Å². The Balaban J connectivity index is 1.73. The minimum atomic E-state index is -0.433. The van der Waals surface area contributed by atoms with Crippen LogP contribution in [0.5, 0.6) is 5.75 Å². The zero-order valence-electron chi connectivity index (χ0n) is 12.4. The summed E-state index contributed by atoms with van der Waals surface area (Å²) in [7, 11) is 0. The average Bonchev–Trinajstić information content (AvgIpc) is 2.59. The van der Waals surface area contributed by atoms with Gasteiger partial charge in [-0.05, 0) is 48.5 Å². The lowest BCUT2D eigenvalue weighted by Crippen LogP contribution is -2.14. The van der Waals surface area contributed by atoms with Crippen molar-refractivity contribution in [1.82, 2.24) is 9.97 Å². The highest BCUT2D eigenvalue weighted by atomic mass is 19.1. The summed E-state index contributed by atoms with van der Waals surface area (Å²) in [5.74, 6) is -0.226. The number of hydrogen-bond donors (Lipinski definition) is 3. The highest BCUT2D eigenvalue weighted by Crippen LogP contribution is 2.18. The zero-order valence-corrected chi connectivity index (χ0v) is 12.4. The van der Waals surface area contributed by atoms with E-state index in [1.807, 2.05) is 0 Å². The van der Waals surface area contributed by atoms with Crippen molar-refractivity contribution in [3.8, 4) is 5.75 Å². The van der Waals surface area contributed by atoms with Gasteiger partial charge in [0.15, 0.2) is 0 Å². The molecule has 1 amide bonds. The highest BCUT2D eigenvalue weighted by Gasteiger charge is 2.09. The number of anilines is 3. The molecular formula is C17H13FN4O2. The number of hydrogen-bond acceptors (Lipinski definition) is 5. The molecule has 3 N–H and O–H groups in total. The molecule has 120 valence electrons. The molecule has 0 unspecified atom stereocenters. The quantitative estimate of drug-likeness (QED) is 0.641. The second-order valence-corrected chi connectivity index (χ2v) is 4.92. The van der Waals surface area contributed by atoms with Gasteiger partial charge in [0, 0.05) is 17.4 Å². The number of benzene rings is 2. The Kier molecular flexibility index (Phi) is 4.33. The maximum Gasteiger partial charge on any atom is 0.274 e. The van der Waals surface area contributed by atoms with Crippen LogP contribution in [0, 0.1) is 5.82 Å². The molecule has 0 radical (unpaired) electrons. The predicted octanol–water partition coefficient (Wildman–Crippen LogP) is 3.32. The van der Waals surface area contributed by atoms with Crippen molar-refractivity contribution < 1.29 is 14.3 Å². The van der Waals surface area contributed by atoms with E-state index in [1.165, 1.54) is 48.8 Å². The van der Waals surface area contributed by atoms with E-state index in [9.17, 15) is 14.3 Å². The van der Waals surface area contributed by atoms with Crippen molar-refractivity contribution in [2.24, 2.45) is 0 Å². The second kappa shape index (κ2) is 6.74. The molecule has 0 fully saturated rings. The van der Waals surface area contributed by atoms with Crippen LogP contribution in [0.4, 0.5) is 21.6 Å². The molecule has 3 rings (SSSR count). The molecule has 0 aliphatic heterocycles. The van der Waals surface area contributed by atoms with Gasteiger partial charge in [0.05, 0.1) is 0 Å². The van der Waals surface area contributed by atoms with Gasteiger partial charge in [-0.3, -0.25) is 4.79 Å². The number of nitrogens with one attached hydrogen (secondary N) is 2. The Labute approximate surface area is 137 Å². The van der Waals surface area contributed by atoms with Crippen LogP contribution in [0.1, 0.15) is 10.5 Å². The van der Waals surface area contributed by atoms with Gasteiger partial charge in [0.2, 0.25) is 0 Å². The van der Waals surface area contributed by atoms with Gasteiger partial charge >= 0.3 is 0 Å². The van der Waals surface area contributed by atoms with Crippen LogP contribution in [0.2, 0.25) is 0 Å². The summed E-state index contributed by atoms with van der Waals surface area (Å²) in [6, 6.07) is 13.4. The molecule has 7 heteroatoms. The monoisotopic (exact) mass is 324 g/mol. The molecule has 1 aromatic heterocycles. The normalized spacial score (nSPS) is 10.2. The van der Waals surface area contributed by atoms with E-state index in [4.69, 9.17) is 0 Å². The van der Waals surface area contributed by atoms with Crippen LogP contribution in [0.15, 0.2) is 60.9 Å². The van der Waals surface area contributed by atoms with Crippen LogP contribution in [-0.4, -0.2) is 21.0 Å². The van der Waals surface area contributed by atoms with Crippen molar-refractivity contribution in [2.45, 2.75) is 0 Å². The molecule has 0 saturated heterocycles. The minimum absolute atomic E-state index is 0.155. The van der Waals surface area contributed by atoms with Gasteiger partial charge in [-0.15, -0.1) is 0 Å². The number of nitrogens with zero attached hydrogens (tertiary/aromatic N) is 2. The highest BCUT2D eigenvalue weighted by molar-refractivity contribution is 6.03. The van der Waals surface area contributed by atoms with Gasteiger partial charge in [0.1, 0.15) is 29.4 Å². The Morgan fingerprint density at radius 2 is 1.62 bits per heavy atom. The topological polar surface area (TPSA) is 87.1 Å². The molecule has 0 aliphatic carbocycles. The van der Waals surface area contributed by atoms with Gasteiger partial charge in [0.25, 0.3) is 5.91 Å². The number of phenols is 1. The molecule has 24 heavy (non-hydrogen) atoms. The van der Waals surface area contributed by atoms with Crippen molar-refractivity contribution >= 4 is 23.1 Å². The fourth-order valence-corrected chi connectivity index (χ4v) is 1.97. The number of aromatic hydroxyl groups is 1. The van der Waals surface area contributed by atoms with Crippen LogP contribution < -0.4 is 10.6 Å². The second-order valence-electron chi connectivity index (χ2n) is 4.92. The summed E-state index contributed by atoms with van der Waals surface area (Å²) in [5.41, 5.74) is 1.33. The molecule has 0 spiro atoms. The first kappa shape index (κ1) is 15.4. The van der Waals surface area contributed by atoms with Gasteiger partial charge in [-0.25, -0.2) is 14.4 Å². The van der Waals surface area contributed by atoms with Crippen LogP contribution >= 0.6 is 0 Å². The van der Waals surface area contributed by atoms with Crippen molar-refractivity contribution in [3.63, 3.8) is 0 Å². The summed E-state index contributed by atoms with van der Waals surface area (Å²) in [6.45, 7) is 0. The Hall–Kier alpha value is -3.48. The van der Waals surface area contributed by atoms with Crippen molar-refractivity contribution in [2.75, 3.05) is 10.6 Å². The third-order valence-corrected chi connectivity index (χ3v) is 3.14. The molecule has 2 aromatic carbocycles. The number of carbonyl (C=O) groups excluding carboxylic acids is 1. The fraction of sp³-hybridized carbons (Fsp3) is 0. The molecule has 0 aliphatic rings. The Morgan fingerprint density at radius 1 is 0.958 bits per heavy atom. The number of halogens is 1. The van der Waals surface area contributed by atoms with Crippen LogP contribution in [-0.2, 0) is 0 Å². The summed E-state index contributed by atoms with van der Waals surface area (Å²) in [6.07, 6.45) is 1.27. The van der Waals surface area contributed by atoms with E-state index in [-0.39, 0.29) is 17.3 Å². The molecule has 0 atom stereocenters. The molecule has 3 aromatic rings. The lowest BCUT2D eigenvalue weighted by Gasteiger charge is -2.08. The van der Waals surface area contributed by atoms with Crippen LogP contribution in [0.25, 0.3) is 0 Å². The van der Waals surface area contributed by atoms with Gasteiger partial charge < -0.3 is 15.7 Å². The number of rotatable bonds is 4. The maximum absolute atomic E-state index is 12.9. The Morgan fingerprint density at radius 3 is 2.33 bits per heavy atom. The molecule has 0 bridgehead atoms. The third kappa shape index (κ3) is 3.83. The fourth-order valence-electron chi connectivity index (χ4n) is 1.97. The molecule has 6 nitrogen and oxygen atoms in total. The smallest absolute Gasteiger partial charge is 0.274 e. The lowest BCUT2D eigenvalue weighted by molar-refractivity contribution is 0.102. The maximum atomic E-state index is 12.9. The number of phenolic OH excluding ortho intramolecular Hbond substituents is 1. The minimum Gasteiger partial charge on any atom is -0.508 e. The zero-order chi connectivity index (χ0) is 16.9. The van der Waals surface area contributed by atoms with Crippen molar-refractivity contribution in [1.29, 1.82) is 0 Å². The van der Waals surface area contributed by atoms with E-state index >= 15 is 0 Å². The SMILES string of the molecule is O=C(Nc1ccc(F)cc1)c1cc(Nc2ccc(O)cc2)ncn1. The Bertz CT molecular complexity index is 851. The predicted molar refractivity (Wildman–Crippen MR) is 87.8 cm³/mol. The molecule has 0 saturated carbocycles. The lowest BCUT2D eigenvalue weighted by atomic mass is 10.3. The van der Waals surface area contributed by atoms with Gasteiger partial charge in [-0.2, -0.15) is 0 Å². The van der Waals surface area contributed by atoms with E-state index < -0.39 is 5.91 Å². The first-order valence-electron chi connectivity index (χ1n) is 7.05. The molecular weight excluding hydrogens is 311 g/mol. The van der Waals surface area contributed by atoms with E-state index in [1.54, 1.807) is 12.1 Å². The number of carbonyl (C=O) groups is 1. The van der Waals surface area contributed by atoms with Gasteiger partial charge in [-0.1, -0.05) is 0 Å². The number of amides is 1. The van der Waals surface area contributed by atoms with E-state index in [0.717, 1.165) is 0 Å². The van der Waals surface area contributed by atoms with Crippen LogP contribution in [0.3, 0.4) is 0 Å². The average molecular weight is 324 g/mol. The summed E-state index contributed by atoms with van der Waals surface area (Å²) in [5, 5.41) is 14.9. The summed E-state index contributed by atoms with van der Waals surface area (Å²) >= 11 is 0. The van der Waals surface area contributed by atoms with Crippen molar-refractivity contribution in [3.05, 3.63) is 72.4 Å². The van der Waals surface area contributed by atoms with E-state index in [2.05, 4.69) is 20.6 Å². The summed E-state index contributed by atoms with van der Waals surface area (Å²) < 4.78 is 12.9. The first-order chi connectivity index (χ1) is 11.6. The largest absolute Gasteiger partial charge is 0.508 e. The molecule has 1 heterocycles.